The molecule has 1 aliphatic carbocycles. The van der Waals surface area contributed by atoms with Gasteiger partial charge in [0.05, 0.1) is 0 Å². The number of hydrogen-bond acceptors (Lipinski definition) is 3. The minimum Gasteiger partial charge on any atom is -0.480 e. The minimum atomic E-state index is -0.668. The fraction of sp³-hybridized carbons (Fsp3) is 0.909. The predicted octanol–water partition coefficient (Wildman–Crippen LogP) is 1.72. The molecular weight excluding hydrogens is 210 g/mol. The maximum absolute atomic E-state index is 11.0. The minimum absolute atomic E-state index is 0.285. The molecule has 2 fully saturated rings. The van der Waals surface area contributed by atoms with Crippen LogP contribution in [0.4, 0.5) is 0 Å². The lowest BCUT2D eigenvalue weighted by Crippen LogP contribution is -2.42. The van der Waals surface area contributed by atoms with E-state index in [0.29, 0.717) is 11.2 Å². The van der Waals surface area contributed by atoms with Crippen molar-refractivity contribution in [2.45, 2.75) is 43.4 Å². The molecule has 0 amide bonds. The Morgan fingerprint density at radius 3 is 2.73 bits per heavy atom. The second kappa shape index (κ2) is 5.21. The van der Waals surface area contributed by atoms with E-state index in [9.17, 15) is 4.79 Å². The molecule has 0 aromatic carbocycles. The van der Waals surface area contributed by atoms with Gasteiger partial charge in [0.15, 0.2) is 0 Å². The van der Waals surface area contributed by atoms with Crippen LogP contribution in [0.3, 0.4) is 0 Å². The average Bonchev–Trinajstić information content (AvgIpc) is 3.03. The van der Waals surface area contributed by atoms with Crippen molar-refractivity contribution in [1.29, 1.82) is 0 Å². The Hall–Kier alpha value is -0.220. The normalized spacial score (nSPS) is 28.7. The van der Waals surface area contributed by atoms with E-state index < -0.39 is 5.97 Å². The van der Waals surface area contributed by atoms with Gasteiger partial charge in [-0.2, -0.15) is 11.8 Å². The van der Waals surface area contributed by atoms with Crippen LogP contribution in [0.5, 0.6) is 0 Å². The van der Waals surface area contributed by atoms with Crippen molar-refractivity contribution in [3.8, 4) is 0 Å². The first-order valence-electron chi connectivity index (χ1n) is 5.85. The molecule has 0 radical (unpaired) electrons. The number of aliphatic carboxylic acids is 1. The van der Waals surface area contributed by atoms with Gasteiger partial charge in [-0.25, -0.2) is 0 Å². The maximum atomic E-state index is 11.0. The van der Waals surface area contributed by atoms with E-state index in [-0.39, 0.29) is 6.04 Å². The molecule has 2 aliphatic rings. The molecule has 2 unspecified atom stereocenters. The summed E-state index contributed by atoms with van der Waals surface area (Å²) >= 11 is 1.99. The Bertz CT molecular complexity index is 225. The Labute approximate surface area is 95.0 Å². The van der Waals surface area contributed by atoms with Crippen molar-refractivity contribution >= 4 is 17.7 Å². The van der Waals surface area contributed by atoms with Gasteiger partial charge in [0, 0.05) is 11.8 Å². The van der Waals surface area contributed by atoms with Gasteiger partial charge < -0.3 is 10.4 Å². The summed E-state index contributed by atoms with van der Waals surface area (Å²) < 4.78 is 0. The van der Waals surface area contributed by atoms with Gasteiger partial charge in [-0.05, 0) is 37.4 Å². The molecule has 86 valence electrons. The molecule has 1 heterocycles. The van der Waals surface area contributed by atoms with Crippen LogP contribution in [-0.2, 0) is 4.79 Å². The Morgan fingerprint density at radius 1 is 1.40 bits per heavy atom. The summed E-state index contributed by atoms with van der Waals surface area (Å²) in [6.45, 7) is 0.873. The second-order valence-corrected chi connectivity index (χ2v) is 5.96. The van der Waals surface area contributed by atoms with Crippen LogP contribution in [0.25, 0.3) is 0 Å². The van der Waals surface area contributed by atoms with Gasteiger partial charge in [0.1, 0.15) is 6.04 Å². The zero-order valence-corrected chi connectivity index (χ0v) is 9.76. The van der Waals surface area contributed by atoms with E-state index in [1.165, 1.54) is 25.0 Å². The highest BCUT2D eigenvalue weighted by Gasteiger charge is 2.36. The van der Waals surface area contributed by atoms with Crippen molar-refractivity contribution in [1.82, 2.24) is 5.32 Å². The highest BCUT2D eigenvalue weighted by Crippen LogP contribution is 2.33. The first kappa shape index (κ1) is 11.3. The van der Waals surface area contributed by atoms with Crippen LogP contribution in [-0.4, -0.2) is 34.7 Å². The van der Waals surface area contributed by atoms with Gasteiger partial charge in [-0.15, -0.1) is 0 Å². The molecule has 0 aromatic rings. The molecular formula is C11H19NO2S. The van der Waals surface area contributed by atoms with Crippen LogP contribution in [0, 0.1) is 5.92 Å². The summed E-state index contributed by atoms with van der Waals surface area (Å²) in [7, 11) is 0. The van der Waals surface area contributed by atoms with Crippen LogP contribution < -0.4 is 5.32 Å². The van der Waals surface area contributed by atoms with Crippen LogP contribution in [0.2, 0.25) is 0 Å². The number of rotatable bonds is 5. The first-order chi connectivity index (χ1) is 7.27. The van der Waals surface area contributed by atoms with Crippen molar-refractivity contribution in [3.05, 3.63) is 0 Å². The van der Waals surface area contributed by atoms with E-state index in [1.807, 2.05) is 11.8 Å². The zero-order valence-electron chi connectivity index (χ0n) is 8.95. The van der Waals surface area contributed by atoms with E-state index >= 15 is 0 Å². The number of carboxylic acid groups (broad SMARTS) is 1. The molecule has 0 spiro atoms. The van der Waals surface area contributed by atoms with E-state index in [2.05, 4.69) is 5.32 Å². The number of thioether (sulfide) groups is 1. The SMILES string of the molecule is O=C(O)C(NCC1CCCCS1)C1CC1. The van der Waals surface area contributed by atoms with Gasteiger partial charge in [-0.1, -0.05) is 6.42 Å². The summed E-state index contributed by atoms with van der Waals surface area (Å²) in [6.07, 6.45) is 6.05. The molecule has 15 heavy (non-hydrogen) atoms. The first-order valence-corrected chi connectivity index (χ1v) is 6.90. The average molecular weight is 229 g/mol. The highest BCUT2D eigenvalue weighted by atomic mass is 32.2. The highest BCUT2D eigenvalue weighted by molar-refractivity contribution is 7.99. The monoisotopic (exact) mass is 229 g/mol. The van der Waals surface area contributed by atoms with Crippen molar-refractivity contribution in [2.24, 2.45) is 5.92 Å². The molecule has 2 atom stereocenters. The Kier molecular flexibility index (Phi) is 3.92. The van der Waals surface area contributed by atoms with Crippen molar-refractivity contribution in [3.63, 3.8) is 0 Å². The molecule has 3 nitrogen and oxygen atoms in total. The molecule has 4 heteroatoms. The molecule has 1 saturated carbocycles. The fourth-order valence-electron chi connectivity index (χ4n) is 2.11. The quantitative estimate of drug-likeness (QED) is 0.753. The van der Waals surface area contributed by atoms with E-state index in [0.717, 1.165) is 19.4 Å². The third-order valence-corrected chi connectivity index (χ3v) is 4.60. The van der Waals surface area contributed by atoms with Crippen molar-refractivity contribution < 1.29 is 9.90 Å². The molecule has 1 aliphatic heterocycles. The molecule has 0 aromatic heterocycles. The Balaban J connectivity index is 1.72. The molecule has 1 saturated heterocycles. The standard InChI is InChI=1S/C11H19NO2S/c13-11(14)10(8-4-5-8)12-7-9-3-1-2-6-15-9/h8-10,12H,1-7H2,(H,13,14). The van der Waals surface area contributed by atoms with Crippen LogP contribution >= 0.6 is 11.8 Å². The summed E-state index contributed by atoms with van der Waals surface area (Å²) in [5, 5.41) is 12.9. The third kappa shape index (κ3) is 3.38. The fourth-order valence-corrected chi connectivity index (χ4v) is 3.36. The lowest BCUT2D eigenvalue weighted by atomic mass is 10.1. The van der Waals surface area contributed by atoms with E-state index in [4.69, 9.17) is 5.11 Å². The van der Waals surface area contributed by atoms with Gasteiger partial charge >= 0.3 is 5.97 Å². The number of carboxylic acids is 1. The van der Waals surface area contributed by atoms with E-state index in [1.54, 1.807) is 0 Å². The molecule has 0 bridgehead atoms. The maximum Gasteiger partial charge on any atom is 0.320 e. The predicted molar refractivity (Wildman–Crippen MR) is 62.2 cm³/mol. The lowest BCUT2D eigenvalue weighted by molar-refractivity contribution is -0.140. The Morgan fingerprint density at radius 2 is 2.20 bits per heavy atom. The summed E-state index contributed by atoms with van der Waals surface area (Å²) in [5.41, 5.74) is 0. The summed E-state index contributed by atoms with van der Waals surface area (Å²) in [4.78, 5) is 11.0. The van der Waals surface area contributed by atoms with Gasteiger partial charge in [0.25, 0.3) is 0 Å². The zero-order chi connectivity index (χ0) is 10.7. The number of carbonyl (C=O) groups is 1. The van der Waals surface area contributed by atoms with Gasteiger partial charge in [-0.3, -0.25) is 4.79 Å². The topological polar surface area (TPSA) is 49.3 Å². The summed E-state index contributed by atoms with van der Waals surface area (Å²) in [5.74, 6) is 0.974. The second-order valence-electron chi connectivity index (χ2n) is 4.55. The smallest absolute Gasteiger partial charge is 0.320 e. The van der Waals surface area contributed by atoms with Gasteiger partial charge in [0.2, 0.25) is 0 Å². The van der Waals surface area contributed by atoms with Crippen LogP contribution in [0.1, 0.15) is 32.1 Å². The third-order valence-electron chi connectivity index (χ3n) is 3.20. The lowest BCUT2D eigenvalue weighted by Gasteiger charge is -2.23. The summed E-state index contributed by atoms with van der Waals surface area (Å²) in [6, 6.07) is -0.285. The largest absolute Gasteiger partial charge is 0.480 e. The number of nitrogens with one attached hydrogen (secondary N) is 1. The van der Waals surface area contributed by atoms with Crippen LogP contribution in [0.15, 0.2) is 0 Å². The number of hydrogen-bond donors (Lipinski definition) is 2. The molecule has 2 rings (SSSR count). The van der Waals surface area contributed by atoms with Crippen molar-refractivity contribution in [2.75, 3.05) is 12.3 Å². The molecule has 2 N–H and O–H groups in total.